The lowest BCUT2D eigenvalue weighted by atomic mass is 9.91. The Bertz CT molecular complexity index is 3610. The molecule has 0 radical (unpaired) electrons. The van der Waals surface area contributed by atoms with E-state index in [1.54, 1.807) is 194 Å². The maximum Gasteiger partial charge on any atom is 0.384 e. The van der Waals surface area contributed by atoms with Crippen LogP contribution < -0.4 is 0 Å². The van der Waals surface area contributed by atoms with E-state index in [1.807, 2.05) is 24.3 Å². The highest BCUT2D eigenvalue weighted by Gasteiger charge is 2.39. The first-order chi connectivity index (χ1) is 40.5. The molecule has 0 fully saturated rings. The molecule has 404 valence electrons. The average Bonchev–Trinajstić information content (AvgIpc) is 3.74. The molecule has 8 aromatic carbocycles. The molecule has 0 unspecified atom stereocenters. The molecule has 0 saturated carbocycles. The zero-order valence-corrected chi connectivity index (χ0v) is 44.4. The van der Waals surface area contributed by atoms with Gasteiger partial charge in [-0.05, 0) is 33.4 Å². The Balaban J connectivity index is 1.17. The Morgan fingerprint density at radius 2 is 0.675 bits per heavy atom. The lowest BCUT2D eigenvalue weighted by molar-refractivity contribution is -0.317. The van der Waals surface area contributed by atoms with Crippen LogP contribution in [0.2, 0.25) is 0 Å². The Morgan fingerprint density at radius 1 is 0.373 bits per heavy atom. The van der Waals surface area contributed by atoms with Crippen LogP contribution in [0, 0.1) is 50.7 Å². The van der Waals surface area contributed by atoms with Crippen molar-refractivity contribution in [2.75, 3.05) is 26.4 Å². The highest BCUT2D eigenvalue weighted by molar-refractivity contribution is 6.17. The van der Waals surface area contributed by atoms with E-state index in [9.17, 15) is 40.2 Å². The van der Waals surface area contributed by atoms with Gasteiger partial charge in [-0.2, -0.15) is 30.8 Å². The van der Waals surface area contributed by atoms with E-state index in [0.717, 1.165) is 0 Å². The summed E-state index contributed by atoms with van der Waals surface area (Å²) in [5, 5.41) is 42.0. The van der Waals surface area contributed by atoms with E-state index in [-0.39, 0.29) is 44.5 Å². The van der Waals surface area contributed by atoms with Crippen molar-refractivity contribution in [3.05, 3.63) is 287 Å². The van der Waals surface area contributed by atoms with Crippen LogP contribution in [0.4, 0.5) is 0 Å². The Morgan fingerprint density at radius 3 is 0.964 bits per heavy atom. The van der Waals surface area contributed by atoms with Crippen LogP contribution in [0.5, 0.6) is 0 Å². The molecule has 0 aliphatic rings. The Hall–Kier alpha value is -11.5. The Kier molecular flexibility index (Phi) is 19.4. The monoisotopic (exact) mass is 1090 g/mol. The van der Waals surface area contributed by atoms with E-state index >= 15 is 0 Å². The van der Waals surface area contributed by atoms with Crippen molar-refractivity contribution in [3.8, 4) is 46.5 Å². The molecule has 0 atom stereocenters. The minimum Gasteiger partial charge on any atom is -0.461 e. The van der Waals surface area contributed by atoms with Crippen molar-refractivity contribution in [2.45, 2.75) is 0 Å². The molecule has 0 saturated heterocycles. The maximum atomic E-state index is 14.3. The fourth-order valence-electron chi connectivity index (χ4n) is 8.88. The summed E-state index contributed by atoms with van der Waals surface area (Å²) in [6.45, 7) is 4.49. The van der Waals surface area contributed by atoms with Gasteiger partial charge in [-0.1, -0.05) is 232 Å². The second-order valence-electron chi connectivity index (χ2n) is 18.5. The number of carbonyl (C=O) groups excluding carboxylic acids is 4. The average molecular weight is 1090 g/mol. The standard InChI is InChI=1S/C69H48N4O10/c1-47(55-35-21-37-57(59(55)39-70)49-23-9-3-10-24-49)65(74)78-43-69(44-79-66(75)48(2)56-36-22-38-58(60(56)40-71)50-25-11-4-12-26-50,45-80-82-67(76)61(41-72)63(51-27-13-5-14-28-51)52-29-15-6-16-30-52)46-81-83-68(77)62(42-73)64(53-31-17-7-18-32-53)54-33-19-8-20-34-54/h3-38H,1-2,43-46H2. The summed E-state index contributed by atoms with van der Waals surface area (Å²) >= 11 is 0. The van der Waals surface area contributed by atoms with Gasteiger partial charge in [-0.3, -0.25) is 9.78 Å². The van der Waals surface area contributed by atoms with Crippen molar-refractivity contribution in [3.63, 3.8) is 0 Å². The lowest BCUT2D eigenvalue weighted by Gasteiger charge is -2.30. The number of nitrogens with zero attached hydrogens (tertiary/aromatic N) is 4. The van der Waals surface area contributed by atoms with Crippen molar-refractivity contribution in [1.82, 2.24) is 0 Å². The van der Waals surface area contributed by atoms with Gasteiger partial charge in [0.25, 0.3) is 0 Å². The Labute approximate surface area is 478 Å². The first-order valence-corrected chi connectivity index (χ1v) is 25.6. The summed E-state index contributed by atoms with van der Waals surface area (Å²) in [6, 6.07) is 70.4. The van der Waals surface area contributed by atoms with E-state index in [1.165, 1.54) is 12.1 Å². The molecule has 0 aromatic heterocycles. The number of esters is 2. The molecule has 8 rings (SSSR count). The summed E-state index contributed by atoms with van der Waals surface area (Å²) in [4.78, 5) is 79.1. The van der Waals surface area contributed by atoms with Crippen LogP contribution in [-0.4, -0.2) is 50.3 Å². The van der Waals surface area contributed by atoms with Crippen molar-refractivity contribution in [1.29, 1.82) is 21.0 Å². The second-order valence-corrected chi connectivity index (χ2v) is 18.5. The third-order valence-electron chi connectivity index (χ3n) is 13.1. The summed E-state index contributed by atoms with van der Waals surface area (Å²) in [6.07, 6.45) is 0. The number of rotatable bonds is 22. The fraction of sp³-hybridized carbons (Fsp3) is 0.0725. The summed E-state index contributed by atoms with van der Waals surface area (Å²) in [5.74, 6) is -4.66. The highest BCUT2D eigenvalue weighted by atomic mass is 17.2. The van der Waals surface area contributed by atoms with Crippen LogP contribution in [0.15, 0.2) is 243 Å². The number of hydrogen-bond acceptors (Lipinski definition) is 14. The molecule has 14 heteroatoms. The van der Waals surface area contributed by atoms with Gasteiger partial charge >= 0.3 is 23.9 Å². The second kappa shape index (κ2) is 27.9. The van der Waals surface area contributed by atoms with Gasteiger partial charge in [0.15, 0.2) is 0 Å². The summed E-state index contributed by atoms with van der Waals surface area (Å²) in [7, 11) is 0. The number of benzene rings is 8. The lowest BCUT2D eigenvalue weighted by Crippen LogP contribution is -2.43. The largest absolute Gasteiger partial charge is 0.461 e. The number of carbonyl (C=O) groups is 4. The minimum absolute atomic E-state index is 0.108. The van der Waals surface area contributed by atoms with Gasteiger partial charge < -0.3 is 9.47 Å². The van der Waals surface area contributed by atoms with E-state index < -0.39 is 66.9 Å². The van der Waals surface area contributed by atoms with Gasteiger partial charge in [0, 0.05) is 33.4 Å². The van der Waals surface area contributed by atoms with Gasteiger partial charge in [0.1, 0.15) is 61.9 Å². The van der Waals surface area contributed by atoms with Crippen LogP contribution >= 0.6 is 0 Å². The van der Waals surface area contributed by atoms with E-state index in [0.29, 0.717) is 44.5 Å². The summed E-state index contributed by atoms with van der Waals surface area (Å²) < 4.78 is 11.9. The van der Waals surface area contributed by atoms with Gasteiger partial charge in [-0.15, -0.1) is 0 Å². The topological polar surface area (TPSA) is 219 Å². The molecule has 0 bridgehead atoms. The fourth-order valence-corrected chi connectivity index (χ4v) is 8.88. The normalized spacial score (nSPS) is 10.5. The van der Waals surface area contributed by atoms with Crippen molar-refractivity contribution < 1.29 is 48.2 Å². The summed E-state index contributed by atoms with van der Waals surface area (Å²) in [5.41, 5.74) is 1.69. The quantitative estimate of drug-likeness (QED) is 0.0203. The highest BCUT2D eigenvalue weighted by Crippen LogP contribution is 2.34. The molecule has 14 nitrogen and oxygen atoms in total. The molecular weight excluding hydrogens is 1040 g/mol. The molecule has 8 aromatic rings. The van der Waals surface area contributed by atoms with Gasteiger partial charge in [0.2, 0.25) is 0 Å². The molecule has 83 heavy (non-hydrogen) atoms. The molecule has 0 spiro atoms. The molecule has 0 N–H and O–H groups in total. The number of ether oxygens (including phenoxy) is 2. The predicted octanol–water partition coefficient (Wildman–Crippen LogP) is 12.6. The minimum atomic E-state index is -2.06. The van der Waals surface area contributed by atoms with Crippen LogP contribution in [-0.2, 0) is 48.2 Å². The van der Waals surface area contributed by atoms with E-state index in [4.69, 9.17) is 29.0 Å². The zero-order chi connectivity index (χ0) is 58.6. The van der Waals surface area contributed by atoms with Crippen LogP contribution in [0.1, 0.15) is 44.5 Å². The van der Waals surface area contributed by atoms with Crippen LogP contribution in [0.25, 0.3) is 44.5 Å². The maximum absolute atomic E-state index is 14.3. The number of hydrogen-bond donors (Lipinski definition) is 0. The molecule has 0 aliphatic heterocycles. The van der Waals surface area contributed by atoms with Gasteiger partial charge in [-0.25, -0.2) is 19.2 Å². The van der Waals surface area contributed by atoms with Gasteiger partial charge in [0.05, 0.1) is 27.7 Å². The zero-order valence-electron chi connectivity index (χ0n) is 44.4. The number of nitriles is 4. The third-order valence-corrected chi connectivity index (χ3v) is 13.1. The molecule has 0 amide bonds. The first-order valence-electron chi connectivity index (χ1n) is 25.6. The molecule has 0 heterocycles. The van der Waals surface area contributed by atoms with Crippen molar-refractivity contribution >= 4 is 46.2 Å². The first kappa shape index (κ1) is 57.6. The van der Waals surface area contributed by atoms with Crippen LogP contribution in [0.3, 0.4) is 0 Å². The third kappa shape index (κ3) is 13.8. The van der Waals surface area contributed by atoms with E-state index in [2.05, 4.69) is 25.3 Å². The SMILES string of the molecule is C=C(C(=O)OCC(COOC(=O)C(C#N)=C(c1ccccc1)c1ccccc1)(COOC(=O)C(C#N)=C(c1ccccc1)c1ccccc1)COC(=O)C(=C)c1cccc(-c2ccccc2)c1C#N)c1cccc(-c2ccccc2)c1C#N. The predicted molar refractivity (Wildman–Crippen MR) is 309 cm³/mol. The molecular formula is C69H48N4O10. The molecule has 0 aliphatic carbocycles. The van der Waals surface area contributed by atoms with Crippen molar-refractivity contribution in [2.24, 2.45) is 5.41 Å². The smallest absolute Gasteiger partial charge is 0.384 e.